The Morgan fingerprint density at radius 1 is 1.15 bits per heavy atom. The van der Waals surface area contributed by atoms with Crippen molar-refractivity contribution in [1.82, 2.24) is 5.32 Å². The number of carbonyl (C=O) groups excluding carboxylic acids is 2. The van der Waals surface area contributed by atoms with Crippen molar-refractivity contribution in [2.75, 3.05) is 6.61 Å². The molecule has 142 valence electrons. The molecule has 0 saturated heterocycles. The van der Waals surface area contributed by atoms with Crippen molar-refractivity contribution < 1.29 is 14.7 Å². The molecule has 5 atom stereocenters. The molecule has 3 fully saturated rings. The molecule has 0 aliphatic heterocycles. The van der Waals surface area contributed by atoms with Gasteiger partial charge in [0.25, 0.3) is 0 Å². The van der Waals surface area contributed by atoms with Gasteiger partial charge in [-0.1, -0.05) is 19.4 Å². The van der Waals surface area contributed by atoms with Gasteiger partial charge in [-0.2, -0.15) is 0 Å². The minimum Gasteiger partial charge on any atom is -0.390 e. The zero-order valence-electron chi connectivity index (χ0n) is 16.0. The van der Waals surface area contributed by atoms with E-state index < -0.39 is 0 Å². The van der Waals surface area contributed by atoms with Crippen molar-refractivity contribution in [2.45, 2.75) is 65.2 Å². The van der Waals surface area contributed by atoms with Crippen LogP contribution in [-0.2, 0) is 9.59 Å². The van der Waals surface area contributed by atoms with E-state index in [1.165, 1.54) is 24.0 Å². The summed E-state index contributed by atoms with van der Waals surface area (Å²) in [4.78, 5) is 22.9. The molecule has 3 saturated carbocycles. The van der Waals surface area contributed by atoms with Gasteiger partial charge in [0.2, 0.25) is 6.41 Å². The SMILES string of the molecule is C[C@]12CCC(=O)C=C1CC[C@@H]1[C@@H]2CC[C@]2(C)C(=C(CO)NC=O)CC[C@@H]12. The summed E-state index contributed by atoms with van der Waals surface area (Å²) < 4.78 is 0. The average Bonchev–Trinajstić information content (AvgIpc) is 2.97. The smallest absolute Gasteiger partial charge is 0.211 e. The normalized spacial score (nSPS) is 43.7. The predicted octanol–water partition coefficient (Wildman–Crippen LogP) is 3.51. The Morgan fingerprint density at radius 2 is 1.92 bits per heavy atom. The molecule has 0 radical (unpaired) electrons. The van der Waals surface area contributed by atoms with Crippen molar-refractivity contribution in [3.63, 3.8) is 0 Å². The van der Waals surface area contributed by atoms with Crippen LogP contribution in [-0.4, -0.2) is 23.9 Å². The van der Waals surface area contributed by atoms with Gasteiger partial charge in [-0.25, -0.2) is 0 Å². The molecule has 4 nitrogen and oxygen atoms in total. The molecule has 0 unspecified atom stereocenters. The molecule has 2 N–H and O–H groups in total. The Kier molecular flexibility index (Phi) is 4.37. The van der Waals surface area contributed by atoms with E-state index in [-0.39, 0.29) is 17.4 Å². The molecule has 0 aromatic rings. The summed E-state index contributed by atoms with van der Waals surface area (Å²) in [5.41, 5.74) is 3.71. The maximum atomic E-state index is 11.9. The van der Waals surface area contributed by atoms with Gasteiger partial charge >= 0.3 is 0 Å². The molecule has 0 bridgehead atoms. The number of carbonyl (C=O) groups is 2. The van der Waals surface area contributed by atoms with E-state index in [0.717, 1.165) is 37.8 Å². The fraction of sp³-hybridized carbons (Fsp3) is 0.727. The lowest BCUT2D eigenvalue weighted by Crippen LogP contribution is -2.49. The van der Waals surface area contributed by atoms with Crippen LogP contribution in [0.5, 0.6) is 0 Å². The van der Waals surface area contributed by atoms with Gasteiger partial charge in [0.1, 0.15) is 0 Å². The maximum absolute atomic E-state index is 11.9. The Morgan fingerprint density at radius 3 is 2.65 bits per heavy atom. The van der Waals surface area contributed by atoms with Crippen LogP contribution < -0.4 is 5.32 Å². The van der Waals surface area contributed by atoms with Crippen molar-refractivity contribution in [3.8, 4) is 0 Å². The topological polar surface area (TPSA) is 66.4 Å². The van der Waals surface area contributed by atoms with Gasteiger partial charge in [-0.15, -0.1) is 0 Å². The van der Waals surface area contributed by atoms with E-state index >= 15 is 0 Å². The third-order valence-corrected chi connectivity index (χ3v) is 8.50. The molecule has 4 heteroatoms. The maximum Gasteiger partial charge on any atom is 0.211 e. The summed E-state index contributed by atoms with van der Waals surface area (Å²) in [5.74, 6) is 2.31. The van der Waals surface area contributed by atoms with Crippen LogP contribution in [0.1, 0.15) is 65.2 Å². The third-order valence-electron chi connectivity index (χ3n) is 8.50. The number of hydrogen-bond donors (Lipinski definition) is 2. The van der Waals surface area contributed by atoms with Gasteiger partial charge in [0.05, 0.1) is 6.61 Å². The van der Waals surface area contributed by atoms with Crippen LogP contribution in [0.3, 0.4) is 0 Å². The summed E-state index contributed by atoms with van der Waals surface area (Å²) >= 11 is 0. The first-order chi connectivity index (χ1) is 12.4. The van der Waals surface area contributed by atoms with Crippen molar-refractivity contribution in [3.05, 3.63) is 22.9 Å². The Labute approximate surface area is 156 Å². The highest BCUT2D eigenvalue weighted by molar-refractivity contribution is 5.91. The number of ketones is 1. The largest absolute Gasteiger partial charge is 0.390 e. The highest BCUT2D eigenvalue weighted by atomic mass is 16.3. The number of aliphatic hydroxyl groups is 1. The lowest BCUT2D eigenvalue weighted by atomic mass is 9.47. The second kappa shape index (κ2) is 6.33. The molecule has 0 heterocycles. The molecule has 0 spiro atoms. The molecule has 4 aliphatic rings. The zero-order valence-corrected chi connectivity index (χ0v) is 16.0. The molecule has 0 aromatic carbocycles. The number of rotatable bonds is 3. The second-order valence-corrected chi connectivity index (χ2v) is 9.34. The van der Waals surface area contributed by atoms with Crippen LogP contribution in [0.2, 0.25) is 0 Å². The van der Waals surface area contributed by atoms with Gasteiger partial charge < -0.3 is 10.4 Å². The van der Waals surface area contributed by atoms with E-state index in [1.807, 2.05) is 6.08 Å². The Hall–Kier alpha value is -1.42. The molecule has 4 rings (SSSR count). The van der Waals surface area contributed by atoms with E-state index in [2.05, 4.69) is 19.2 Å². The first-order valence-corrected chi connectivity index (χ1v) is 10.2. The minimum absolute atomic E-state index is 0.0861. The van der Waals surface area contributed by atoms with Crippen LogP contribution >= 0.6 is 0 Å². The fourth-order valence-electron chi connectivity index (χ4n) is 7.17. The number of fused-ring (bicyclic) bond motifs is 5. The predicted molar refractivity (Wildman–Crippen MR) is 100 cm³/mol. The Balaban J connectivity index is 1.67. The molecule has 0 aromatic heterocycles. The summed E-state index contributed by atoms with van der Waals surface area (Å²) in [6.07, 6.45) is 11.1. The third kappa shape index (κ3) is 2.45. The number of aliphatic hydroxyl groups excluding tert-OH is 1. The van der Waals surface area contributed by atoms with E-state index in [1.54, 1.807) is 0 Å². The lowest BCUT2D eigenvalue weighted by molar-refractivity contribution is -0.117. The average molecular weight is 357 g/mol. The van der Waals surface area contributed by atoms with Gasteiger partial charge in [-0.05, 0) is 85.2 Å². The first-order valence-electron chi connectivity index (χ1n) is 10.2. The molecular formula is C22H31NO3. The zero-order chi connectivity index (χ0) is 18.5. The number of nitrogens with one attached hydrogen (secondary N) is 1. The van der Waals surface area contributed by atoms with Crippen LogP contribution in [0.4, 0.5) is 0 Å². The highest BCUT2D eigenvalue weighted by Crippen LogP contribution is 2.66. The van der Waals surface area contributed by atoms with E-state index in [4.69, 9.17) is 0 Å². The highest BCUT2D eigenvalue weighted by Gasteiger charge is 2.57. The summed E-state index contributed by atoms with van der Waals surface area (Å²) in [5, 5.41) is 12.5. The van der Waals surface area contributed by atoms with E-state index in [0.29, 0.717) is 36.4 Å². The number of allylic oxidation sites excluding steroid dienone is 2. The van der Waals surface area contributed by atoms with Gasteiger partial charge in [0, 0.05) is 12.1 Å². The standard InChI is InChI=1S/C22H31NO3/c1-21-9-7-15(26)11-14(21)3-4-16-17-5-6-19(20(12-24)23-13-25)22(17,2)10-8-18(16)21/h11,13,16-18,24H,3-10,12H2,1-2H3,(H,23,25)/t16-,17-,18-,21-,22-/m0/s1. The minimum atomic E-state index is -0.0861. The number of amides is 1. The molecule has 1 amide bonds. The van der Waals surface area contributed by atoms with Crippen molar-refractivity contribution >= 4 is 12.2 Å². The van der Waals surface area contributed by atoms with Crippen LogP contribution in [0, 0.1) is 28.6 Å². The monoisotopic (exact) mass is 357 g/mol. The van der Waals surface area contributed by atoms with Crippen LogP contribution in [0.15, 0.2) is 22.9 Å². The summed E-state index contributed by atoms with van der Waals surface area (Å²) in [7, 11) is 0. The lowest BCUT2D eigenvalue weighted by Gasteiger charge is -2.57. The van der Waals surface area contributed by atoms with Gasteiger partial charge in [-0.3, -0.25) is 9.59 Å². The van der Waals surface area contributed by atoms with E-state index in [9.17, 15) is 14.7 Å². The van der Waals surface area contributed by atoms with Crippen molar-refractivity contribution in [1.29, 1.82) is 0 Å². The van der Waals surface area contributed by atoms with Crippen molar-refractivity contribution in [2.24, 2.45) is 28.6 Å². The summed E-state index contributed by atoms with van der Waals surface area (Å²) in [6, 6.07) is 0. The molecular weight excluding hydrogens is 326 g/mol. The number of hydrogen-bond acceptors (Lipinski definition) is 3. The second-order valence-electron chi connectivity index (χ2n) is 9.34. The molecule has 4 aliphatic carbocycles. The first kappa shape index (κ1) is 18.0. The molecule has 26 heavy (non-hydrogen) atoms. The van der Waals surface area contributed by atoms with Crippen LogP contribution in [0.25, 0.3) is 0 Å². The Bertz CT molecular complexity index is 694. The van der Waals surface area contributed by atoms with Gasteiger partial charge in [0.15, 0.2) is 5.78 Å². The quantitative estimate of drug-likeness (QED) is 0.760. The summed E-state index contributed by atoms with van der Waals surface area (Å²) in [6.45, 7) is 4.68. The fourth-order valence-corrected chi connectivity index (χ4v) is 7.17.